The highest BCUT2D eigenvalue weighted by Gasteiger charge is 2.41. The SMILES string of the molecule is C[C@@H](NC(=S)N(C1CC1)[C@@H]1CCS(=O)(=O)C1)c1ccccc1. The van der Waals surface area contributed by atoms with Crippen LogP contribution in [-0.4, -0.2) is 42.0 Å². The molecule has 1 saturated heterocycles. The van der Waals surface area contributed by atoms with Crippen LogP contribution in [0.5, 0.6) is 0 Å². The smallest absolute Gasteiger partial charge is 0.169 e. The Hall–Kier alpha value is -1.14. The Kier molecular flexibility index (Phi) is 4.41. The fraction of sp³-hybridized carbons (Fsp3) is 0.562. The Morgan fingerprint density at radius 2 is 1.91 bits per heavy atom. The van der Waals surface area contributed by atoms with E-state index in [0.717, 1.165) is 12.8 Å². The van der Waals surface area contributed by atoms with Gasteiger partial charge >= 0.3 is 0 Å². The topological polar surface area (TPSA) is 49.4 Å². The molecule has 6 heteroatoms. The summed E-state index contributed by atoms with van der Waals surface area (Å²) in [5.41, 5.74) is 1.18. The van der Waals surface area contributed by atoms with Crippen molar-refractivity contribution in [3.8, 4) is 0 Å². The molecule has 0 amide bonds. The Morgan fingerprint density at radius 3 is 2.45 bits per heavy atom. The second-order valence-electron chi connectivity index (χ2n) is 6.28. The molecule has 1 aromatic rings. The summed E-state index contributed by atoms with van der Waals surface area (Å²) in [6.07, 6.45) is 2.91. The van der Waals surface area contributed by atoms with Crippen molar-refractivity contribution in [2.75, 3.05) is 11.5 Å². The van der Waals surface area contributed by atoms with Gasteiger partial charge in [0.05, 0.1) is 17.5 Å². The lowest BCUT2D eigenvalue weighted by Gasteiger charge is -2.32. The van der Waals surface area contributed by atoms with Crippen molar-refractivity contribution in [2.45, 2.75) is 44.3 Å². The van der Waals surface area contributed by atoms with Gasteiger partial charge in [-0.05, 0) is 44.0 Å². The van der Waals surface area contributed by atoms with Crippen LogP contribution in [0.3, 0.4) is 0 Å². The molecule has 0 radical (unpaired) electrons. The standard InChI is InChI=1S/C16H22N2O2S2/c1-12(13-5-3-2-4-6-13)17-16(21)18(14-7-8-14)15-9-10-22(19,20)11-15/h2-6,12,14-15H,7-11H2,1H3,(H,17,21)/t12-,15-/m1/s1. The van der Waals surface area contributed by atoms with Crippen molar-refractivity contribution in [3.63, 3.8) is 0 Å². The van der Waals surface area contributed by atoms with Crippen LogP contribution in [0.2, 0.25) is 0 Å². The lowest BCUT2D eigenvalue weighted by atomic mass is 10.1. The van der Waals surface area contributed by atoms with Gasteiger partial charge in [0.2, 0.25) is 0 Å². The van der Waals surface area contributed by atoms with E-state index >= 15 is 0 Å². The summed E-state index contributed by atoms with van der Waals surface area (Å²) < 4.78 is 23.5. The summed E-state index contributed by atoms with van der Waals surface area (Å²) in [5.74, 6) is 0.531. The maximum absolute atomic E-state index is 11.8. The van der Waals surface area contributed by atoms with Crippen molar-refractivity contribution in [3.05, 3.63) is 35.9 Å². The zero-order chi connectivity index (χ0) is 15.7. The van der Waals surface area contributed by atoms with Crippen molar-refractivity contribution < 1.29 is 8.42 Å². The average Bonchev–Trinajstić information content (AvgIpc) is 3.24. The van der Waals surface area contributed by atoms with E-state index in [2.05, 4.69) is 29.3 Å². The lowest BCUT2D eigenvalue weighted by molar-refractivity contribution is 0.317. The third-order valence-electron chi connectivity index (χ3n) is 4.42. The van der Waals surface area contributed by atoms with E-state index in [1.165, 1.54) is 5.56 Å². The van der Waals surface area contributed by atoms with Gasteiger partial charge in [-0.2, -0.15) is 0 Å². The van der Waals surface area contributed by atoms with Gasteiger partial charge in [-0.1, -0.05) is 30.3 Å². The van der Waals surface area contributed by atoms with Gasteiger partial charge in [-0.15, -0.1) is 0 Å². The summed E-state index contributed by atoms with van der Waals surface area (Å²) in [6.45, 7) is 2.08. The van der Waals surface area contributed by atoms with Crippen LogP contribution in [0.1, 0.15) is 37.8 Å². The number of hydrogen-bond acceptors (Lipinski definition) is 3. The summed E-state index contributed by atoms with van der Waals surface area (Å²) in [7, 11) is -2.89. The summed E-state index contributed by atoms with van der Waals surface area (Å²) >= 11 is 5.60. The molecule has 1 aliphatic heterocycles. The highest BCUT2D eigenvalue weighted by Crippen LogP contribution is 2.32. The van der Waals surface area contributed by atoms with Gasteiger partial charge in [0, 0.05) is 12.1 Å². The number of rotatable bonds is 4. The number of nitrogens with zero attached hydrogens (tertiary/aromatic N) is 1. The fourth-order valence-electron chi connectivity index (χ4n) is 3.06. The molecule has 2 atom stereocenters. The molecule has 3 rings (SSSR count). The normalized spacial score (nSPS) is 24.7. The largest absolute Gasteiger partial charge is 0.356 e. The molecule has 0 spiro atoms. The third kappa shape index (κ3) is 3.60. The van der Waals surface area contributed by atoms with Gasteiger partial charge < -0.3 is 10.2 Å². The first-order valence-electron chi connectivity index (χ1n) is 7.80. The van der Waals surface area contributed by atoms with Gasteiger partial charge in [0.15, 0.2) is 14.9 Å². The van der Waals surface area contributed by atoms with Crippen LogP contribution < -0.4 is 5.32 Å². The number of hydrogen-bond donors (Lipinski definition) is 1. The molecule has 0 aromatic heterocycles. The second-order valence-corrected chi connectivity index (χ2v) is 8.89. The Bertz CT molecular complexity index is 641. The maximum atomic E-state index is 11.8. The van der Waals surface area contributed by atoms with Crippen molar-refractivity contribution in [1.82, 2.24) is 10.2 Å². The summed E-state index contributed by atoms with van der Waals surface area (Å²) in [5, 5.41) is 4.08. The second kappa shape index (κ2) is 6.16. The average molecular weight is 338 g/mol. The Balaban J connectivity index is 1.69. The van der Waals surface area contributed by atoms with E-state index in [4.69, 9.17) is 12.2 Å². The van der Waals surface area contributed by atoms with E-state index in [-0.39, 0.29) is 23.6 Å². The van der Waals surface area contributed by atoms with Crippen LogP contribution in [0.25, 0.3) is 0 Å². The Labute approximate surface area is 137 Å². The quantitative estimate of drug-likeness (QED) is 0.854. The molecule has 4 nitrogen and oxygen atoms in total. The number of nitrogens with one attached hydrogen (secondary N) is 1. The van der Waals surface area contributed by atoms with E-state index in [9.17, 15) is 8.42 Å². The number of thiocarbonyl (C=S) groups is 1. The van der Waals surface area contributed by atoms with Gasteiger partial charge in [-0.3, -0.25) is 0 Å². The van der Waals surface area contributed by atoms with Crippen molar-refractivity contribution >= 4 is 27.2 Å². The molecule has 1 aromatic carbocycles. The van der Waals surface area contributed by atoms with Crippen LogP contribution in [-0.2, 0) is 9.84 Å². The molecular formula is C16H22N2O2S2. The monoisotopic (exact) mass is 338 g/mol. The molecule has 1 aliphatic carbocycles. The predicted octanol–water partition coefficient (Wildman–Crippen LogP) is 2.27. The van der Waals surface area contributed by atoms with Gasteiger partial charge in [0.1, 0.15) is 0 Å². The van der Waals surface area contributed by atoms with Crippen molar-refractivity contribution in [2.24, 2.45) is 0 Å². The minimum Gasteiger partial charge on any atom is -0.356 e. The minimum atomic E-state index is -2.89. The fourth-order valence-corrected chi connectivity index (χ4v) is 5.25. The van der Waals surface area contributed by atoms with Gasteiger partial charge in [-0.25, -0.2) is 8.42 Å². The minimum absolute atomic E-state index is 0.0421. The zero-order valence-corrected chi connectivity index (χ0v) is 14.4. The van der Waals surface area contributed by atoms with Gasteiger partial charge in [0.25, 0.3) is 0 Å². The first kappa shape index (κ1) is 15.7. The highest BCUT2D eigenvalue weighted by molar-refractivity contribution is 7.91. The van der Waals surface area contributed by atoms with E-state index in [1.807, 2.05) is 18.2 Å². The van der Waals surface area contributed by atoms with Crippen LogP contribution in [0, 0.1) is 0 Å². The molecule has 1 saturated carbocycles. The van der Waals surface area contributed by atoms with E-state index in [0.29, 0.717) is 17.6 Å². The summed E-state index contributed by atoms with van der Waals surface area (Å²) in [6, 6.07) is 10.7. The molecule has 1 heterocycles. The molecule has 0 unspecified atom stereocenters. The zero-order valence-electron chi connectivity index (χ0n) is 12.7. The molecule has 0 bridgehead atoms. The molecule has 2 aliphatic rings. The molecule has 22 heavy (non-hydrogen) atoms. The summed E-state index contributed by atoms with van der Waals surface area (Å²) in [4.78, 5) is 2.15. The highest BCUT2D eigenvalue weighted by atomic mass is 32.2. The van der Waals surface area contributed by atoms with E-state index < -0.39 is 9.84 Å². The predicted molar refractivity (Wildman–Crippen MR) is 92.5 cm³/mol. The third-order valence-corrected chi connectivity index (χ3v) is 6.50. The van der Waals surface area contributed by atoms with Crippen molar-refractivity contribution in [1.29, 1.82) is 0 Å². The number of benzene rings is 1. The van der Waals surface area contributed by atoms with Crippen LogP contribution in [0.15, 0.2) is 30.3 Å². The molecule has 1 N–H and O–H groups in total. The lowest BCUT2D eigenvalue weighted by Crippen LogP contribution is -2.48. The molecule has 120 valence electrons. The Morgan fingerprint density at radius 1 is 1.23 bits per heavy atom. The number of sulfone groups is 1. The van der Waals surface area contributed by atoms with E-state index in [1.54, 1.807) is 0 Å². The van der Waals surface area contributed by atoms with Crippen LogP contribution in [0.4, 0.5) is 0 Å². The maximum Gasteiger partial charge on any atom is 0.169 e. The first-order valence-corrected chi connectivity index (χ1v) is 10.0. The molecule has 2 fully saturated rings. The molecular weight excluding hydrogens is 316 g/mol. The van der Waals surface area contributed by atoms with Crippen LogP contribution >= 0.6 is 12.2 Å². The first-order chi connectivity index (χ1) is 10.5.